The number of nitrogens with one attached hydrogen (secondary N) is 2. The van der Waals surface area contributed by atoms with Gasteiger partial charge in [-0.15, -0.1) is 0 Å². The summed E-state index contributed by atoms with van der Waals surface area (Å²) in [5.74, 6) is 0.564. The third kappa shape index (κ3) is 7.61. The highest BCUT2D eigenvalue weighted by Crippen LogP contribution is 2.28. The number of methoxy groups -OCH3 is 1. The van der Waals surface area contributed by atoms with Crippen LogP contribution in [-0.2, 0) is 17.8 Å². The number of carbonyl (C=O) groups excluding carboxylic acids is 2. The lowest BCUT2D eigenvalue weighted by atomic mass is 10.00. The molecule has 0 unspecified atom stereocenters. The molecule has 0 spiro atoms. The molecule has 8 heteroatoms. The molecule has 0 aliphatic carbocycles. The van der Waals surface area contributed by atoms with Crippen LogP contribution in [0.3, 0.4) is 0 Å². The molecule has 3 N–H and O–H groups in total. The highest BCUT2D eigenvalue weighted by Gasteiger charge is 2.26. The molecule has 1 fully saturated rings. The monoisotopic (exact) mass is 544 g/mol. The summed E-state index contributed by atoms with van der Waals surface area (Å²) < 4.78 is 5.30. The Balaban J connectivity index is 1.52. The molecule has 4 rings (SSSR count). The molecule has 8 nitrogen and oxygen atoms in total. The minimum atomic E-state index is -0.837. The zero-order valence-corrected chi connectivity index (χ0v) is 23.6. The predicted octanol–water partition coefficient (Wildman–Crippen LogP) is 3.77. The zero-order chi connectivity index (χ0) is 28.5. The quantitative estimate of drug-likeness (QED) is 0.303. The number of nitrogens with zero attached hydrogens (tertiary/aromatic N) is 2. The lowest BCUT2D eigenvalue weighted by Crippen LogP contribution is -2.48. The molecule has 212 valence electrons. The van der Waals surface area contributed by atoms with Crippen LogP contribution in [0.2, 0.25) is 0 Å². The zero-order valence-electron chi connectivity index (χ0n) is 23.6. The fourth-order valence-corrected chi connectivity index (χ4v) is 4.90. The molecule has 1 aliphatic rings. The van der Waals surface area contributed by atoms with E-state index in [0.717, 1.165) is 41.2 Å². The second-order valence-corrected chi connectivity index (χ2v) is 10.2. The van der Waals surface area contributed by atoms with Crippen molar-refractivity contribution >= 4 is 23.2 Å². The molecule has 3 aromatic carbocycles. The summed E-state index contributed by atoms with van der Waals surface area (Å²) in [6, 6.07) is 22.6. The van der Waals surface area contributed by atoms with Crippen LogP contribution in [-0.4, -0.2) is 62.9 Å². The number of hydrogen-bond donors (Lipinski definition) is 3. The summed E-state index contributed by atoms with van der Waals surface area (Å²) in [6.45, 7) is 4.29. The van der Waals surface area contributed by atoms with Gasteiger partial charge in [0, 0.05) is 56.6 Å². The Morgan fingerprint density at radius 3 is 2.55 bits per heavy atom. The van der Waals surface area contributed by atoms with E-state index >= 15 is 0 Å². The van der Waals surface area contributed by atoms with E-state index in [1.54, 1.807) is 18.1 Å². The molecular weight excluding hydrogens is 504 g/mol. The van der Waals surface area contributed by atoms with E-state index in [2.05, 4.69) is 10.6 Å². The minimum Gasteiger partial charge on any atom is -0.497 e. The van der Waals surface area contributed by atoms with Gasteiger partial charge < -0.3 is 30.3 Å². The van der Waals surface area contributed by atoms with Crippen molar-refractivity contribution < 1.29 is 19.4 Å². The third-order valence-electron chi connectivity index (χ3n) is 7.36. The molecule has 0 bridgehead atoms. The van der Waals surface area contributed by atoms with Crippen LogP contribution in [0.15, 0.2) is 72.8 Å². The van der Waals surface area contributed by atoms with Crippen LogP contribution in [0.25, 0.3) is 0 Å². The number of aliphatic hydroxyl groups excluding tert-OH is 1. The first-order valence-electron chi connectivity index (χ1n) is 13.9. The Kier molecular flexibility index (Phi) is 10.2. The number of hydrogen-bond acceptors (Lipinski definition) is 6. The van der Waals surface area contributed by atoms with Gasteiger partial charge in [0.15, 0.2) is 0 Å². The van der Waals surface area contributed by atoms with Crippen molar-refractivity contribution in [2.24, 2.45) is 0 Å². The van der Waals surface area contributed by atoms with E-state index in [-0.39, 0.29) is 11.8 Å². The Morgan fingerprint density at radius 1 is 1.07 bits per heavy atom. The van der Waals surface area contributed by atoms with Gasteiger partial charge in [-0.3, -0.25) is 9.59 Å². The highest BCUT2D eigenvalue weighted by molar-refractivity contribution is 6.00. The van der Waals surface area contributed by atoms with Gasteiger partial charge in [0.05, 0.1) is 19.3 Å². The smallest absolute Gasteiger partial charge is 0.251 e. The van der Waals surface area contributed by atoms with Gasteiger partial charge >= 0.3 is 0 Å². The van der Waals surface area contributed by atoms with Gasteiger partial charge in [-0.2, -0.15) is 0 Å². The Morgan fingerprint density at radius 2 is 1.85 bits per heavy atom. The van der Waals surface area contributed by atoms with Crippen LogP contribution in [0, 0.1) is 0 Å². The van der Waals surface area contributed by atoms with Gasteiger partial charge in [0.2, 0.25) is 5.91 Å². The molecule has 3 aromatic rings. The summed E-state index contributed by atoms with van der Waals surface area (Å²) in [4.78, 5) is 29.9. The Bertz CT molecular complexity index is 1280. The fraction of sp³-hybridized carbons (Fsp3) is 0.375. The minimum absolute atomic E-state index is 0.0714. The number of ether oxygens (including phenoxy) is 1. The molecule has 0 aromatic heterocycles. The van der Waals surface area contributed by atoms with Crippen molar-refractivity contribution in [2.75, 3.05) is 43.6 Å². The van der Waals surface area contributed by atoms with Crippen molar-refractivity contribution in [2.45, 2.75) is 44.9 Å². The third-order valence-corrected chi connectivity index (χ3v) is 7.36. The normalized spacial score (nSPS) is 14.6. The SMILES string of the molecule is CCN(C)c1cc(C(=O)N[C@@H](Cc2ccccc2)[C@@H](O)CNCc2cccc(OC)c2)cc(N2CCCC2=O)c1. The highest BCUT2D eigenvalue weighted by atomic mass is 16.5. The predicted molar refractivity (Wildman–Crippen MR) is 159 cm³/mol. The van der Waals surface area contributed by atoms with E-state index in [1.165, 1.54) is 0 Å². The molecule has 2 atom stereocenters. The van der Waals surface area contributed by atoms with Crippen molar-refractivity contribution in [3.8, 4) is 5.75 Å². The first-order valence-corrected chi connectivity index (χ1v) is 13.9. The van der Waals surface area contributed by atoms with Gasteiger partial charge in [-0.05, 0) is 61.2 Å². The van der Waals surface area contributed by atoms with E-state index in [4.69, 9.17) is 4.74 Å². The maximum atomic E-state index is 13.6. The lowest BCUT2D eigenvalue weighted by molar-refractivity contribution is -0.117. The fourth-order valence-electron chi connectivity index (χ4n) is 4.90. The summed E-state index contributed by atoms with van der Waals surface area (Å²) in [5.41, 5.74) is 4.11. The van der Waals surface area contributed by atoms with Gasteiger partial charge in [0.1, 0.15) is 5.75 Å². The molecule has 1 saturated heterocycles. The average molecular weight is 545 g/mol. The maximum absolute atomic E-state index is 13.6. The lowest BCUT2D eigenvalue weighted by Gasteiger charge is -2.26. The second kappa shape index (κ2) is 14.0. The molecular formula is C32H40N4O4. The van der Waals surface area contributed by atoms with E-state index in [1.807, 2.05) is 85.6 Å². The Labute approximate surface area is 236 Å². The summed E-state index contributed by atoms with van der Waals surface area (Å²) in [5, 5.41) is 17.6. The summed E-state index contributed by atoms with van der Waals surface area (Å²) in [7, 11) is 3.59. The second-order valence-electron chi connectivity index (χ2n) is 10.2. The van der Waals surface area contributed by atoms with Crippen molar-refractivity contribution in [1.82, 2.24) is 10.6 Å². The van der Waals surface area contributed by atoms with Gasteiger partial charge in [-0.25, -0.2) is 0 Å². The van der Waals surface area contributed by atoms with Crippen LogP contribution in [0.4, 0.5) is 11.4 Å². The number of aliphatic hydroxyl groups is 1. The molecule has 0 saturated carbocycles. The van der Waals surface area contributed by atoms with Crippen molar-refractivity contribution in [1.29, 1.82) is 0 Å². The molecule has 2 amide bonds. The van der Waals surface area contributed by atoms with Gasteiger partial charge in [0.25, 0.3) is 5.91 Å². The average Bonchev–Trinajstić information content (AvgIpc) is 3.42. The summed E-state index contributed by atoms with van der Waals surface area (Å²) >= 11 is 0. The van der Waals surface area contributed by atoms with E-state index in [9.17, 15) is 14.7 Å². The first-order chi connectivity index (χ1) is 19.4. The molecule has 1 aliphatic heterocycles. The molecule has 40 heavy (non-hydrogen) atoms. The standard InChI is InChI=1S/C32H40N4O4/c1-4-35(2)26-18-25(19-27(20-26)36-15-9-14-31(36)38)32(39)34-29(17-23-10-6-5-7-11-23)30(37)22-33-21-24-12-8-13-28(16-24)40-3/h5-8,10-13,16,18-20,29-30,33,37H,4,9,14-15,17,21-22H2,1-3H3,(H,34,39)/t29-,30-/m0/s1. The summed E-state index contributed by atoms with van der Waals surface area (Å²) in [6.07, 6.45) is 0.961. The number of anilines is 2. The number of amides is 2. The van der Waals surface area contributed by atoms with Crippen molar-refractivity contribution in [3.63, 3.8) is 0 Å². The van der Waals surface area contributed by atoms with E-state index in [0.29, 0.717) is 38.0 Å². The largest absolute Gasteiger partial charge is 0.497 e. The van der Waals surface area contributed by atoms with Crippen LogP contribution in [0.5, 0.6) is 5.75 Å². The Hall–Kier alpha value is -3.88. The topological polar surface area (TPSA) is 94.1 Å². The molecule has 1 heterocycles. The van der Waals surface area contributed by atoms with Crippen molar-refractivity contribution in [3.05, 3.63) is 89.5 Å². The molecule has 0 radical (unpaired) electrons. The number of carbonyl (C=O) groups is 2. The first kappa shape index (κ1) is 29.1. The number of rotatable bonds is 13. The van der Waals surface area contributed by atoms with E-state index < -0.39 is 12.1 Å². The van der Waals surface area contributed by atoms with Crippen LogP contribution >= 0.6 is 0 Å². The van der Waals surface area contributed by atoms with Crippen LogP contribution in [0.1, 0.15) is 41.3 Å². The number of benzene rings is 3. The maximum Gasteiger partial charge on any atom is 0.251 e. The van der Waals surface area contributed by atoms with Gasteiger partial charge in [-0.1, -0.05) is 42.5 Å². The van der Waals surface area contributed by atoms with Crippen LogP contribution < -0.4 is 25.2 Å².